The lowest BCUT2D eigenvalue weighted by Gasteiger charge is -2.28. The first-order chi connectivity index (χ1) is 8.35. The van der Waals surface area contributed by atoms with E-state index in [0.717, 1.165) is 31.6 Å². The van der Waals surface area contributed by atoms with E-state index in [1.54, 1.807) is 25.4 Å². The van der Waals surface area contributed by atoms with Gasteiger partial charge >= 0.3 is 0 Å². The third kappa shape index (κ3) is 2.71. The van der Waals surface area contributed by atoms with Crippen molar-refractivity contribution in [3.05, 3.63) is 35.5 Å². The first-order valence-corrected chi connectivity index (χ1v) is 5.67. The number of aldehydes is 1. The molecule has 0 N–H and O–H groups in total. The van der Waals surface area contributed by atoms with Gasteiger partial charge in [0.25, 0.3) is 0 Å². The maximum Gasteiger partial charge on any atom is 0.153 e. The first kappa shape index (κ1) is 11.8. The zero-order valence-electron chi connectivity index (χ0n) is 9.93. The molecule has 1 aliphatic rings. The summed E-state index contributed by atoms with van der Waals surface area (Å²) >= 11 is 0. The smallest absolute Gasteiger partial charge is 0.153 e. The van der Waals surface area contributed by atoms with Crippen molar-refractivity contribution in [2.24, 2.45) is 0 Å². The number of pyridine rings is 1. The lowest BCUT2D eigenvalue weighted by atomic mass is 10.1. The number of methoxy groups -OCH3 is 1. The van der Waals surface area contributed by atoms with E-state index in [1.807, 2.05) is 0 Å². The second-order valence-corrected chi connectivity index (χ2v) is 4.03. The van der Waals surface area contributed by atoms with Gasteiger partial charge in [0.15, 0.2) is 6.29 Å². The highest BCUT2D eigenvalue weighted by molar-refractivity contribution is 5.82. The van der Waals surface area contributed by atoms with Crippen LogP contribution < -0.4 is 4.90 Å². The molecule has 0 spiro atoms. The molecule has 0 amide bonds. The summed E-state index contributed by atoms with van der Waals surface area (Å²) in [5.74, 6) is 0.773. The van der Waals surface area contributed by atoms with Crippen LogP contribution in [0.4, 0.5) is 5.82 Å². The summed E-state index contributed by atoms with van der Waals surface area (Å²) in [6.45, 7) is 2.36. The second-order valence-electron chi connectivity index (χ2n) is 4.03. The number of anilines is 1. The first-order valence-electron chi connectivity index (χ1n) is 5.67. The highest BCUT2D eigenvalue weighted by atomic mass is 16.5. The number of carbonyl (C=O) groups excluding carboxylic acids is 1. The molecule has 0 fully saturated rings. The molecule has 0 saturated heterocycles. The highest BCUT2D eigenvalue weighted by Crippen LogP contribution is 2.20. The lowest BCUT2D eigenvalue weighted by molar-refractivity contribution is 0.112. The molecule has 0 saturated carbocycles. The summed E-state index contributed by atoms with van der Waals surface area (Å²) in [5, 5.41) is 0. The molecule has 4 heteroatoms. The second kappa shape index (κ2) is 5.59. The van der Waals surface area contributed by atoms with Gasteiger partial charge in [-0.25, -0.2) is 4.98 Å². The Morgan fingerprint density at radius 2 is 2.47 bits per heavy atom. The predicted octanol–water partition coefficient (Wildman–Crippen LogP) is 1.68. The Kier molecular flexibility index (Phi) is 3.88. The van der Waals surface area contributed by atoms with Gasteiger partial charge in [-0.05, 0) is 24.1 Å². The van der Waals surface area contributed by atoms with Crippen LogP contribution in [0.2, 0.25) is 0 Å². The fraction of sp³-hybridized carbons (Fsp3) is 0.385. The van der Waals surface area contributed by atoms with E-state index in [9.17, 15) is 4.79 Å². The molecule has 0 aliphatic carbocycles. The van der Waals surface area contributed by atoms with Crippen molar-refractivity contribution in [1.29, 1.82) is 0 Å². The molecule has 2 rings (SSSR count). The third-order valence-electron chi connectivity index (χ3n) is 2.88. The summed E-state index contributed by atoms with van der Waals surface area (Å²) in [5.41, 5.74) is 1.96. The van der Waals surface area contributed by atoms with Crippen LogP contribution in [0.25, 0.3) is 0 Å². The molecule has 1 aromatic rings. The van der Waals surface area contributed by atoms with Gasteiger partial charge in [0.2, 0.25) is 0 Å². The number of aromatic nitrogens is 1. The molecule has 0 radical (unpaired) electrons. The quantitative estimate of drug-likeness (QED) is 0.585. The van der Waals surface area contributed by atoms with E-state index in [1.165, 1.54) is 5.57 Å². The largest absolute Gasteiger partial charge is 0.380 e. The van der Waals surface area contributed by atoms with Gasteiger partial charge in [0, 0.05) is 26.4 Å². The molecule has 1 aliphatic heterocycles. The number of carbonyl (C=O) groups is 1. The van der Waals surface area contributed by atoms with Crippen molar-refractivity contribution < 1.29 is 9.53 Å². The van der Waals surface area contributed by atoms with Gasteiger partial charge in [-0.3, -0.25) is 4.79 Å². The maximum atomic E-state index is 10.9. The van der Waals surface area contributed by atoms with Gasteiger partial charge in [-0.1, -0.05) is 6.08 Å². The SMILES string of the molecule is COCC1=CCN(c2ncccc2C=O)CC1. The minimum absolute atomic E-state index is 0.649. The zero-order valence-corrected chi connectivity index (χ0v) is 9.93. The van der Waals surface area contributed by atoms with Gasteiger partial charge in [0.1, 0.15) is 5.82 Å². The molecule has 2 heterocycles. The standard InChI is InChI=1S/C13H16N2O2/c1-17-10-11-4-7-15(8-5-11)13-12(9-16)3-2-6-14-13/h2-4,6,9H,5,7-8,10H2,1H3. The Bertz CT molecular complexity index is 429. The van der Waals surface area contributed by atoms with Crippen molar-refractivity contribution in [2.45, 2.75) is 6.42 Å². The summed E-state index contributed by atoms with van der Waals surface area (Å²) in [7, 11) is 1.70. The Hall–Kier alpha value is -1.68. The van der Waals surface area contributed by atoms with Crippen LogP contribution in [0.5, 0.6) is 0 Å². The van der Waals surface area contributed by atoms with Crippen molar-refractivity contribution in [2.75, 3.05) is 31.7 Å². The lowest BCUT2D eigenvalue weighted by Crippen LogP contribution is -2.30. The molecule has 90 valence electrons. The minimum atomic E-state index is 0.649. The summed E-state index contributed by atoms with van der Waals surface area (Å²) < 4.78 is 5.11. The van der Waals surface area contributed by atoms with Crippen molar-refractivity contribution >= 4 is 12.1 Å². The van der Waals surface area contributed by atoms with Crippen LogP contribution in [0.15, 0.2) is 30.0 Å². The van der Waals surface area contributed by atoms with Crippen LogP contribution in [0.3, 0.4) is 0 Å². The minimum Gasteiger partial charge on any atom is -0.380 e. The summed E-state index contributed by atoms with van der Waals surface area (Å²) in [4.78, 5) is 17.3. The van der Waals surface area contributed by atoms with Crippen molar-refractivity contribution in [3.8, 4) is 0 Å². The summed E-state index contributed by atoms with van der Waals surface area (Å²) in [6, 6.07) is 3.58. The van der Waals surface area contributed by atoms with Gasteiger partial charge in [-0.15, -0.1) is 0 Å². The van der Waals surface area contributed by atoms with Crippen molar-refractivity contribution in [1.82, 2.24) is 4.98 Å². The van der Waals surface area contributed by atoms with Crippen LogP contribution in [-0.4, -0.2) is 38.1 Å². The number of rotatable bonds is 4. The van der Waals surface area contributed by atoms with E-state index in [4.69, 9.17) is 4.74 Å². The van der Waals surface area contributed by atoms with Crippen LogP contribution in [0, 0.1) is 0 Å². The number of nitrogens with zero attached hydrogens (tertiary/aromatic N) is 2. The third-order valence-corrected chi connectivity index (χ3v) is 2.88. The normalized spacial score (nSPS) is 15.6. The Morgan fingerprint density at radius 3 is 3.12 bits per heavy atom. The Balaban J connectivity index is 2.12. The van der Waals surface area contributed by atoms with E-state index in [-0.39, 0.29) is 0 Å². The van der Waals surface area contributed by atoms with E-state index in [0.29, 0.717) is 12.2 Å². The van der Waals surface area contributed by atoms with Crippen molar-refractivity contribution in [3.63, 3.8) is 0 Å². The Morgan fingerprint density at radius 1 is 1.59 bits per heavy atom. The van der Waals surface area contributed by atoms with E-state index in [2.05, 4.69) is 16.0 Å². The highest BCUT2D eigenvalue weighted by Gasteiger charge is 2.15. The number of hydrogen-bond acceptors (Lipinski definition) is 4. The van der Waals surface area contributed by atoms with Gasteiger partial charge < -0.3 is 9.64 Å². The van der Waals surface area contributed by atoms with Gasteiger partial charge in [0.05, 0.1) is 12.2 Å². The fourth-order valence-corrected chi connectivity index (χ4v) is 1.99. The monoisotopic (exact) mass is 232 g/mol. The van der Waals surface area contributed by atoms with E-state index < -0.39 is 0 Å². The predicted molar refractivity (Wildman–Crippen MR) is 66.4 cm³/mol. The molecule has 0 aromatic carbocycles. The molecule has 0 bridgehead atoms. The summed E-state index contributed by atoms with van der Waals surface area (Å²) in [6.07, 6.45) is 5.69. The molecule has 0 atom stereocenters. The molecule has 17 heavy (non-hydrogen) atoms. The van der Waals surface area contributed by atoms with E-state index >= 15 is 0 Å². The maximum absolute atomic E-state index is 10.9. The van der Waals surface area contributed by atoms with Crippen LogP contribution in [-0.2, 0) is 4.74 Å². The zero-order chi connectivity index (χ0) is 12.1. The van der Waals surface area contributed by atoms with Gasteiger partial charge in [-0.2, -0.15) is 0 Å². The molecule has 1 aromatic heterocycles. The average Bonchev–Trinajstić information content (AvgIpc) is 2.40. The Labute approximate surface area is 101 Å². The topological polar surface area (TPSA) is 42.4 Å². The molecule has 0 unspecified atom stereocenters. The average molecular weight is 232 g/mol. The fourth-order valence-electron chi connectivity index (χ4n) is 1.99. The molecular weight excluding hydrogens is 216 g/mol. The van der Waals surface area contributed by atoms with Crippen LogP contribution >= 0.6 is 0 Å². The number of ether oxygens (including phenoxy) is 1. The number of hydrogen-bond donors (Lipinski definition) is 0. The molecular formula is C13H16N2O2. The molecule has 4 nitrogen and oxygen atoms in total. The van der Waals surface area contributed by atoms with Crippen LogP contribution in [0.1, 0.15) is 16.8 Å².